The predicted octanol–water partition coefficient (Wildman–Crippen LogP) is 1.06. The molecule has 0 fully saturated rings. The van der Waals surface area contributed by atoms with Gasteiger partial charge in [0, 0.05) is 12.3 Å². The molecule has 0 aliphatic carbocycles. The Hall–Kier alpha value is -2.65. The van der Waals surface area contributed by atoms with E-state index in [-0.39, 0.29) is 5.56 Å². The molecule has 10 heteroatoms. The first kappa shape index (κ1) is 15.7. The van der Waals surface area contributed by atoms with Gasteiger partial charge in [0.25, 0.3) is 5.91 Å². The lowest BCUT2D eigenvalue weighted by Crippen LogP contribution is -2.43. The van der Waals surface area contributed by atoms with Gasteiger partial charge in [-0.1, -0.05) is 0 Å². The van der Waals surface area contributed by atoms with Crippen LogP contribution >= 0.6 is 0 Å². The Morgan fingerprint density at radius 1 is 1.27 bits per heavy atom. The summed E-state index contributed by atoms with van der Waals surface area (Å²) in [5.74, 6) is -2.14. The molecule has 2 heterocycles. The molecule has 2 rings (SSSR count). The second kappa shape index (κ2) is 5.62. The molecule has 2 aromatic rings. The summed E-state index contributed by atoms with van der Waals surface area (Å²) in [6.45, 7) is 3.36. The van der Waals surface area contributed by atoms with Gasteiger partial charge in [-0.15, -0.1) is 0 Å². The number of nitrogens with one attached hydrogen (secondary N) is 2. The number of aryl methyl sites for hydroxylation is 2. The summed E-state index contributed by atoms with van der Waals surface area (Å²) in [5.41, 5.74) is 5.38. The number of rotatable bonds is 2. The van der Waals surface area contributed by atoms with E-state index in [0.29, 0.717) is 17.0 Å². The van der Waals surface area contributed by atoms with Crippen molar-refractivity contribution >= 4 is 17.5 Å². The minimum Gasteiger partial charge on any atom is -0.273 e. The molecule has 0 aliphatic rings. The number of nitrogens with zero attached hydrogens (tertiary/aromatic N) is 3. The van der Waals surface area contributed by atoms with E-state index >= 15 is 0 Å². The van der Waals surface area contributed by atoms with Gasteiger partial charge in [-0.25, -0.2) is 9.50 Å². The third-order valence-corrected chi connectivity index (χ3v) is 2.77. The summed E-state index contributed by atoms with van der Waals surface area (Å²) in [6, 6.07) is 1.71. The lowest BCUT2D eigenvalue weighted by atomic mass is 10.2. The number of carbonyl (C=O) groups is 2. The van der Waals surface area contributed by atoms with Gasteiger partial charge in [-0.2, -0.15) is 18.3 Å². The maximum atomic E-state index is 12.0. The van der Waals surface area contributed by atoms with Crippen molar-refractivity contribution in [3.8, 4) is 0 Å². The average Bonchev–Trinajstić information content (AvgIpc) is 2.76. The van der Waals surface area contributed by atoms with E-state index < -0.39 is 24.4 Å². The van der Waals surface area contributed by atoms with Gasteiger partial charge in [0.1, 0.15) is 6.42 Å². The first-order valence-electron chi connectivity index (χ1n) is 6.15. The van der Waals surface area contributed by atoms with Crippen molar-refractivity contribution in [3.63, 3.8) is 0 Å². The Balaban J connectivity index is 2.10. The molecular formula is C12H12F3N5O2. The topological polar surface area (TPSA) is 88.4 Å². The molecule has 0 aromatic carbocycles. The third-order valence-electron chi connectivity index (χ3n) is 2.77. The predicted molar refractivity (Wildman–Crippen MR) is 68.7 cm³/mol. The molecule has 0 saturated heterocycles. The maximum absolute atomic E-state index is 12.0. The Morgan fingerprint density at radius 3 is 2.59 bits per heavy atom. The van der Waals surface area contributed by atoms with Crippen LogP contribution in [0.1, 0.15) is 28.2 Å². The van der Waals surface area contributed by atoms with Crippen LogP contribution in [0.3, 0.4) is 0 Å². The first-order chi connectivity index (χ1) is 10.2. The van der Waals surface area contributed by atoms with Crippen LogP contribution in [0.5, 0.6) is 0 Å². The highest BCUT2D eigenvalue weighted by molar-refractivity contribution is 5.96. The minimum absolute atomic E-state index is 0.0860. The zero-order valence-corrected chi connectivity index (χ0v) is 11.7. The molecule has 22 heavy (non-hydrogen) atoms. The second-order valence-electron chi connectivity index (χ2n) is 4.61. The Labute approximate surface area is 122 Å². The van der Waals surface area contributed by atoms with Crippen molar-refractivity contribution in [1.82, 2.24) is 25.4 Å². The summed E-state index contributed by atoms with van der Waals surface area (Å²) in [5, 5.41) is 4.14. The van der Waals surface area contributed by atoms with E-state index in [2.05, 4.69) is 10.1 Å². The highest BCUT2D eigenvalue weighted by Gasteiger charge is 2.31. The van der Waals surface area contributed by atoms with E-state index in [1.165, 1.54) is 10.7 Å². The first-order valence-corrected chi connectivity index (χ1v) is 6.15. The Morgan fingerprint density at radius 2 is 1.95 bits per heavy atom. The number of hydrogen-bond acceptors (Lipinski definition) is 4. The lowest BCUT2D eigenvalue weighted by molar-refractivity contribution is -0.154. The van der Waals surface area contributed by atoms with E-state index in [0.717, 1.165) is 0 Å². The van der Waals surface area contributed by atoms with E-state index in [1.807, 2.05) is 5.43 Å². The standard InChI is InChI=1S/C12H12F3N5O2/c1-6-3-9-16-5-8(7(2)20(9)19-6)11(22)18-17-10(21)4-12(13,14)15/h3,5H,4H2,1-2H3,(H,17,21)(H,18,22). The van der Waals surface area contributed by atoms with Crippen molar-refractivity contribution in [2.24, 2.45) is 0 Å². The molecule has 2 amide bonds. The molecule has 0 radical (unpaired) electrons. The second-order valence-corrected chi connectivity index (χ2v) is 4.61. The molecule has 2 aromatic heterocycles. The molecule has 2 N–H and O–H groups in total. The summed E-state index contributed by atoms with van der Waals surface area (Å²) in [7, 11) is 0. The summed E-state index contributed by atoms with van der Waals surface area (Å²) >= 11 is 0. The number of aromatic nitrogens is 3. The average molecular weight is 315 g/mol. The molecule has 0 saturated carbocycles. The van der Waals surface area contributed by atoms with Crippen LogP contribution in [0.15, 0.2) is 12.3 Å². The van der Waals surface area contributed by atoms with Crippen LogP contribution < -0.4 is 10.9 Å². The zero-order valence-electron chi connectivity index (χ0n) is 11.7. The van der Waals surface area contributed by atoms with Gasteiger partial charge >= 0.3 is 6.18 Å². The monoisotopic (exact) mass is 315 g/mol. The van der Waals surface area contributed by atoms with Crippen molar-refractivity contribution in [3.05, 3.63) is 29.2 Å². The summed E-state index contributed by atoms with van der Waals surface area (Å²) in [4.78, 5) is 26.9. The minimum atomic E-state index is -4.64. The van der Waals surface area contributed by atoms with Gasteiger partial charge in [0.05, 0.1) is 17.0 Å². The van der Waals surface area contributed by atoms with E-state index in [1.54, 1.807) is 25.3 Å². The van der Waals surface area contributed by atoms with Crippen LogP contribution in [0.2, 0.25) is 0 Å². The molecule has 0 aliphatic heterocycles. The number of fused-ring (bicyclic) bond motifs is 1. The van der Waals surface area contributed by atoms with Crippen molar-refractivity contribution < 1.29 is 22.8 Å². The largest absolute Gasteiger partial charge is 0.397 e. The van der Waals surface area contributed by atoms with Crippen LogP contribution in [0.4, 0.5) is 13.2 Å². The van der Waals surface area contributed by atoms with E-state index in [4.69, 9.17) is 0 Å². The molecule has 0 spiro atoms. The maximum Gasteiger partial charge on any atom is 0.397 e. The van der Waals surface area contributed by atoms with E-state index in [9.17, 15) is 22.8 Å². The van der Waals surface area contributed by atoms with Crippen LogP contribution in [-0.2, 0) is 4.79 Å². The third kappa shape index (κ3) is 3.51. The SMILES string of the molecule is Cc1cc2ncc(C(=O)NNC(=O)CC(F)(F)F)c(C)n2n1. The van der Waals surface area contributed by atoms with Gasteiger partial charge in [-0.05, 0) is 13.8 Å². The van der Waals surface area contributed by atoms with Gasteiger partial charge in [0.15, 0.2) is 5.65 Å². The number of hydrogen-bond donors (Lipinski definition) is 2. The normalized spacial score (nSPS) is 11.5. The van der Waals surface area contributed by atoms with Crippen molar-refractivity contribution in [1.29, 1.82) is 0 Å². The Kier molecular flexibility index (Phi) is 4.02. The van der Waals surface area contributed by atoms with Crippen LogP contribution in [-0.4, -0.2) is 32.6 Å². The fourth-order valence-electron chi connectivity index (χ4n) is 1.81. The number of halogens is 3. The number of alkyl halides is 3. The molecule has 118 valence electrons. The highest BCUT2D eigenvalue weighted by Crippen LogP contribution is 2.18. The number of hydrazine groups is 1. The molecule has 7 nitrogen and oxygen atoms in total. The zero-order chi connectivity index (χ0) is 16.5. The lowest BCUT2D eigenvalue weighted by Gasteiger charge is -2.10. The van der Waals surface area contributed by atoms with Crippen LogP contribution in [0, 0.1) is 13.8 Å². The molecule has 0 unspecified atom stereocenters. The fourth-order valence-corrected chi connectivity index (χ4v) is 1.81. The van der Waals surface area contributed by atoms with Gasteiger partial charge < -0.3 is 0 Å². The number of amides is 2. The Bertz CT molecular complexity index is 738. The quantitative estimate of drug-likeness (QED) is 0.811. The van der Waals surface area contributed by atoms with Crippen molar-refractivity contribution in [2.75, 3.05) is 0 Å². The van der Waals surface area contributed by atoms with Crippen molar-refractivity contribution in [2.45, 2.75) is 26.4 Å². The fraction of sp³-hybridized carbons (Fsp3) is 0.333. The molecule has 0 bridgehead atoms. The smallest absolute Gasteiger partial charge is 0.273 e. The highest BCUT2D eigenvalue weighted by atomic mass is 19.4. The summed E-state index contributed by atoms with van der Waals surface area (Å²) in [6.07, 6.45) is -5.06. The van der Waals surface area contributed by atoms with Crippen LogP contribution in [0.25, 0.3) is 5.65 Å². The number of carbonyl (C=O) groups excluding carboxylic acids is 2. The molecule has 0 atom stereocenters. The van der Waals surface area contributed by atoms with Gasteiger partial charge in [-0.3, -0.25) is 20.4 Å². The molecular weight excluding hydrogens is 303 g/mol. The summed E-state index contributed by atoms with van der Waals surface area (Å²) < 4.78 is 37.4. The van der Waals surface area contributed by atoms with Gasteiger partial charge in [0.2, 0.25) is 5.91 Å².